The maximum atomic E-state index is 11.3. The molecule has 1 aromatic heterocycles. The van der Waals surface area contributed by atoms with Gasteiger partial charge >= 0.3 is 0 Å². The summed E-state index contributed by atoms with van der Waals surface area (Å²) in [7, 11) is -7.05. The Morgan fingerprint density at radius 3 is 2.15 bits per heavy atom. The molecule has 0 unspecified atom stereocenters. The van der Waals surface area contributed by atoms with E-state index in [2.05, 4.69) is 41.8 Å². The number of benzene rings is 3. The number of aryl methyl sites for hydroxylation is 1. The Balaban J connectivity index is 1.37. The fraction of sp³-hybridized carbons (Fsp3) is 0.312. The summed E-state index contributed by atoms with van der Waals surface area (Å²) in [5.41, 5.74) is 5.52. The van der Waals surface area contributed by atoms with Crippen molar-refractivity contribution in [3.05, 3.63) is 91.1 Å². The van der Waals surface area contributed by atoms with Gasteiger partial charge in [-0.15, -0.1) is 11.3 Å². The number of hydrogen-bond acceptors (Lipinski definition) is 11. The zero-order chi connectivity index (χ0) is 34.0. The molecule has 0 spiro atoms. The molecule has 252 valence electrons. The molecule has 4 aromatic rings. The van der Waals surface area contributed by atoms with Crippen molar-refractivity contribution in [3.8, 4) is 17.0 Å². The zero-order valence-corrected chi connectivity index (χ0v) is 31.7. The van der Waals surface area contributed by atoms with E-state index in [9.17, 15) is 16.8 Å². The minimum absolute atomic E-state index is 0.0562. The summed E-state index contributed by atoms with van der Waals surface area (Å²) < 4.78 is 62.8. The summed E-state index contributed by atoms with van der Waals surface area (Å²) >= 11 is 8.51. The third kappa shape index (κ3) is 12.7. The Morgan fingerprint density at radius 2 is 1.55 bits per heavy atom. The first-order valence-electron chi connectivity index (χ1n) is 14.5. The van der Waals surface area contributed by atoms with Crippen LogP contribution in [-0.2, 0) is 35.2 Å². The van der Waals surface area contributed by atoms with E-state index < -0.39 is 20.2 Å². The van der Waals surface area contributed by atoms with Crippen LogP contribution < -0.4 is 9.64 Å². The number of anilines is 1. The number of aliphatic imine (C=N–C) groups is 1. The maximum absolute atomic E-state index is 11.3. The van der Waals surface area contributed by atoms with Gasteiger partial charge in [-0.3, -0.25) is 13.4 Å². The number of halogens is 2. The monoisotopic (exact) mass is 827 g/mol. The van der Waals surface area contributed by atoms with Gasteiger partial charge in [0.05, 0.1) is 41.6 Å². The average Bonchev–Trinajstić information content (AvgIpc) is 3.47. The van der Waals surface area contributed by atoms with Gasteiger partial charge in [0.2, 0.25) is 0 Å². The van der Waals surface area contributed by atoms with E-state index in [1.807, 2.05) is 79.2 Å². The molecule has 0 N–H and O–H groups in total. The summed E-state index contributed by atoms with van der Waals surface area (Å²) in [5.74, 6) is 0.753. The van der Waals surface area contributed by atoms with Crippen LogP contribution in [0.4, 0.5) is 11.4 Å². The molecule has 0 fully saturated rings. The number of nitrogens with zero attached hydrogens (tertiary/aromatic N) is 3. The molecule has 15 heteroatoms. The molecule has 0 amide bonds. The fourth-order valence-corrected chi connectivity index (χ4v) is 7.12. The Hall–Kier alpha value is -2.66. The van der Waals surface area contributed by atoms with E-state index in [0.717, 1.165) is 66.0 Å². The number of rotatable bonds is 17. The van der Waals surface area contributed by atoms with Gasteiger partial charge in [0.1, 0.15) is 17.4 Å². The molecule has 3 aromatic carbocycles. The molecule has 4 rings (SSSR count). The molecule has 0 saturated carbocycles. The van der Waals surface area contributed by atoms with Gasteiger partial charge in [-0.25, -0.2) is 4.98 Å². The summed E-state index contributed by atoms with van der Waals surface area (Å²) in [6.45, 7) is 3.51. The van der Waals surface area contributed by atoms with Gasteiger partial charge in [-0.2, -0.15) is 16.8 Å². The summed E-state index contributed by atoms with van der Waals surface area (Å²) in [5, 5.41) is 2.89. The third-order valence-corrected chi connectivity index (χ3v) is 9.80. The average molecular weight is 830 g/mol. The van der Waals surface area contributed by atoms with Crippen LogP contribution >= 0.6 is 43.2 Å². The minimum atomic E-state index is -3.52. The van der Waals surface area contributed by atoms with Crippen LogP contribution in [0, 0.1) is 6.92 Å². The zero-order valence-electron chi connectivity index (χ0n) is 26.1. The van der Waals surface area contributed by atoms with Crippen LogP contribution in [0.3, 0.4) is 0 Å². The van der Waals surface area contributed by atoms with E-state index in [0.29, 0.717) is 32.5 Å². The van der Waals surface area contributed by atoms with Crippen molar-refractivity contribution < 1.29 is 29.9 Å². The predicted molar refractivity (Wildman–Crippen MR) is 195 cm³/mol. The van der Waals surface area contributed by atoms with Crippen LogP contribution in [0.2, 0.25) is 0 Å². The van der Waals surface area contributed by atoms with Crippen molar-refractivity contribution in [1.82, 2.24) is 4.98 Å². The summed E-state index contributed by atoms with van der Waals surface area (Å²) in [6, 6.07) is 19.6. The lowest BCUT2D eigenvalue weighted by atomic mass is 10.1. The molecule has 1 heterocycles. The summed E-state index contributed by atoms with van der Waals surface area (Å²) in [6.07, 6.45) is 4.79. The van der Waals surface area contributed by atoms with E-state index in [1.165, 1.54) is 0 Å². The lowest BCUT2D eigenvalue weighted by Crippen LogP contribution is -2.28. The van der Waals surface area contributed by atoms with Crippen LogP contribution in [0.25, 0.3) is 11.3 Å². The molecule has 0 saturated heterocycles. The first kappa shape index (κ1) is 37.2. The largest absolute Gasteiger partial charge is 0.485 e. The maximum Gasteiger partial charge on any atom is 0.264 e. The molecule has 10 nitrogen and oxygen atoms in total. The van der Waals surface area contributed by atoms with Gasteiger partial charge in [0.15, 0.2) is 0 Å². The molecular weight excluding hydrogens is 794 g/mol. The lowest BCUT2D eigenvalue weighted by molar-refractivity contribution is 0.303. The van der Waals surface area contributed by atoms with E-state index in [1.54, 1.807) is 11.3 Å². The molecule has 0 bridgehead atoms. The smallest absolute Gasteiger partial charge is 0.264 e. The predicted octanol–water partition coefficient (Wildman–Crippen LogP) is 7.51. The van der Waals surface area contributed by atoms with Gasteiger partial charge < -0.3 is 9.64 Å². The molecular formula is C32H35Br2N3O7S3. The number of thiazole rings is 1. The van der Waals surface area contributed by atoms with Crippen LogP contribution in [0.15, 0.2) is 80.0 Å². The molecule has 0 atom stereocenters. The first-order chi connectivity index (χ1) is 22.3. The normalized spacial score (nSPS) is 12.1. The van der Waals surface area contributed by atoms with Crippen molar-refractivity contribution >= 4 is 81.0 Å². The van der Waals surface area contributed by atoms with Gasteiger partial charge in [-0.05, 0) is 89.3 Å². The highest BCUT2D eigenvalue weighted by molar-refractivity contribution is 9.11. The fourth-order valence-electron chi connectivity index (χ4n) is 4.41. The number of hydrogen-bond donors (Lipinski definition) is 0. The number of ether oxygens (including phenoxy) is 1. The van der Waals surface area contributed by atoms with E-state index in [4.69, 9.17) is 18.1 Å². The second kappa shape index (κ2) is 17.1. The Labute approximate surface area is 297 Å². The summed E-state index contributed by atoms with van der Waals surface area (Å²) in [4.78, 5) is 11.4. The minimum Gasteiger partial charge on any atom is -0.485 e. The Kier molecular flexibility index (Phi) is 13.5. The standard InChI is InChI=1S/C32H35Br2N3O7S3/c1-23-18-28(37(14-4-16-43-46(2,38)39)15-5-17-44-47(3,40)41)12-8-25(23)20-35-27-10-6-24(7-11-27)30-22-45-32(36-30)21-42-31-13-9-26(33)19-29(31)34/h6-13,18-20,22H,4-5,14-17,21H2,1-3H3. The number of aromatic nitrogens is 1. The van der Waals surface area contributed by atoms with Gasteiger partial charge in [0, 0.05) is 40.4 Å². The van der Waals surface area contributed by atoms with Crippen molar-refractivity contribution in [2.75, 3.05) is 43.7 Å². The van der Waals surface area contributed by atoms with Gasteiger partial charge in [0.25, 0.3) is 20.2 Å². The van der Waals surface area contributed by atoms with Gasteiger partial charge in [-0.1, -0.05) is 34.1 Å². The van der Waals surface area contributed by atoms with E-state index in [-0.39, 0.29) is 13.2 Å². The highest BCUT2D eigenvalue weighted by Crippen LogP contribution is 2.30. The van der Waals surface area contributed by atoms with Crippen molar-refractivity contribution in [1.29, 1.82) is 0 Å². The third-order valence-electron chi connectivity index (χ3n) is 6.67. The van der Waals surface area contributed by atoms with Crippen LogP contribution in [0.5, 0.6) is 5.75 Å². The second-order valence-electron chi connectivity index (χ2n) is 10.6. The lowest BCUT2D eigenvalue weighted by Gasteiger charge is -2.25. The van der Waals surface area contributed by atoms with Crippen LogP contribution in [0.1, 0.15) is 29.0 Å². The highest BCUT2D eigenvalue weighted by Gasteiger charge is 2.12. The molecule has 0 aliphatic carbocycles. The Bertz CT molecular complexity index is 1860. The quantitative estimate of drug-likeness (QED) is 0.0604. The van der Waals surface area contributed by atoms with Crippen molar-refractivity contribution in [3.63, 3.8) is 0 Å². The first-order valence-corrected chi connectivity index (χ1v) is 20.6. The SMILES string of the molecule is Cc1cc(N(CCCOS(C)(=O)=O)CCCOS(C)(=O)=O)ccc1C=Nc1ccc(-c2csc(COc3ccc(Br)cc3Br)n2)cc1. The molecule has 0 aliphatic heterocycles. The second-order valence-corrected chi connectivity index (χ2v) is 16.6. The molecule has 0 aliphatic rings. The highest BCUT2D eigenvalue weighted by atomic mass is 79.9. The van der Waals surface area contributed by atoms with Crippen molar-refractivity contribution in [2.24, 2.45) is 4.99 Å². The van der Waals surface area contributed by atoms with Crippen molar-refractivity contribution in [2.45, 2.75) is 26.4 Å². The van der Waals surface area contributed by atoms with Crippen LogP contribution in [-0.4, -0.2) is 66.8 Å². The van der Waals surface area contributed by atoms with E-state index >= 15 is 0 Å². The Morgan fingerprint density at radius 1 is 0.894 bits per heavy atom. The topological polar surface area (TPSA) is 124 Å². The molecule has 47 heavy (non-hydrogen) atoms. The molecule has 0 radical (unpaired) electrons.